The molecule has 0 rings (SSSR count). The van der Waals surface area contributed by atoms with E-state index < -0.39 is 6.10 Å². The molecule has 194 valence electrons. The van der Waals surface area contributed by atoms with Crippen LogP contribution < -0.4 is 0 Å². The number of nitrogens with zero attached hydrogens (tertiary/aromatic N) is 1. The van der Waals surface area contributed by atoms with Crippen LogP contribution in [0.25, 0.3) is 0 Å². The summed E-state index contributed by atoms with van der Waals surface area (Å²) in [6.45, 7) is 23.6. The summed E-state index contributed by atoms with van der Waals surface area (Å²) in [5, 5.41) is 10.6. The van der Waals surface area contributed by atoms with Crippen molar-refractivity contribution in [3.05, 3.63) is 59.6 Å². The second-order valence-electron chi connectivity index (χ2n) is 10.2. The molecular formula is C31H54NO2+. The number of hydrogen-bond acceptors (Lipinski definition) is 2. The van der Waals surface area contributed by atoms with Crippen molar-refractivity contribution < 1.29 is 14.4 Å². The standard InChI is InChI=1S/C31H54NO2/c1-11-14-16-18-28(13-3)20-19-26(8)31(32(10)27(9)17-15-12-2)34-30(22-25(6)7)23-29(33)21-24(4)5/h12,15,17-20,23-26,29,31,33H,10-11,13-14,16,21-22H2,1-9H3/q+1/b15-12-,20-19-,27-17+,28-18-,30-23-/t26?,29?,31-/m1/s1. The second kappa shape index (κ2) is 18.5. The lowest BCUT2D eigenvalue weighted by atomic mass is 10.0. The molecular weight excluding hydrogens is 418 g/mol. The Kier molecular flexibility index (Phi) is 17.4. The maximum Gasteiger partial charge on any atom is 0.306 e. The van der Waals surface area contributed by atoms with Crippen LogP contribution in [0.5, 0.6) is 0 Å². The zero-order chi connectivity index (χ0) is 26.1. The molecule has 34 heavy (non-hydrogen) atoms. The van der Waals surface area contributed by atoms with Crippen LogP contribution >= 0.6 is 0 Å². The fourth-order valence-corrected chi connectivity index (χ4v) is 3.66. The molecule has 0 aliphatic rings. The van der Waals surface area contributed by atoms with E-state index in [1.54, 1.807) is 0 Å². The van der Waals surface area contributed by atoms with Gasteiger partial charge in [-0.25, -0.2) is 0 Å². The van der Waals surface area contributed by atoms with Crippen LogP contribution in [0.15, 0.2) is 59.6 Å². The van der Waals surface area contributed by atoms with Crippen molar-refractivity contribution in [2.24, 2.45) is 17.8 Å². The van der Waals surface area contributed by atoms with Gasteiger partial charge in [0.1, 0.15) is 12.5 Å². The summed E-state index contributed by atoms with van der Waals surface area (Å²) in [6.07, 6.45) is 20.1. The molecule has 2 unspecified atom stereocenters. The van der Waals surface area contributed by atoms with Crippen LogP contribution in [0.1, 0.15) is 101 Å². The molecule has 0 fully saturated rings. The Bertz CT molecular complexity index is 722. The average molecular weight is 473 g/mol. The third-order valence-electron chi connectivity index (χ3n) is 5.70. The third-order valence-corrected chi connectivity index (χ3v) is 5.70. The Morgan fingerprint density at radius 2 is 1.76 bits per heavy atom. The van der Waals surface area contributed by atoms with Crippen LogP contribution in [-0.2, 0) is 4.74 Å². The monoisotopic (exact) mass is 472 g/mol. The van der Waals surface area contributed by atoms with Crippen LogP contribution in [0.2, 0.25) is 0 Å². The maximum absolute atomic E-state index is 10.6. The molecule has 3 nitrogen and oxygen atoms in total. The van der Waals surface area contributed by atoms with Crippen LogP contribution in [0.4, 0.5) is 0 Å². The topological polar surface area (TPSA) is 32.5 Å². The van der Waals surface area contributed by atoms with E-state index in [0.717, 1.165) is 37.1 Å². The van der Waals surface area contributed by atoms with Gasteiger partial charge in [-0.05, 0) is 51.0 Å². The van der Waals surface area contributed by atoms with Gasteiger partial charge in [-0.1, -0.05) is 90.3 Å². The third kappa shape index (κ3) is 14.4. The molecule has 0 saturated heterocycles. The molecule has 0 aromatic rings. The zero-order valence-corrected chi connectivity index (χ0v) is 23.7. The van der Waals surface area contributed by atoms with Gasteiger partial charge in [0.15, 0.2) is 5.70 Å². The van der Waals surface area contributed by atoms with Gasteiger partial charge in [-0.3, -0.25) is 0 Å². The minimum Gasteiger partial charge on any atom is -0.438 e. The van der Waals surface area contributed by atoms with Crippen molar-refractivity contribution in [3.63, 3.8) is 0 Å². The fourth-order valence-electron chi connectivity index (χ4n) is 3.66. The molecule has 3 atom stereocenters. The highest BCUT2D eigenvalue weighted by molar-refractivity contribution is 5.21. The number of hydrogen-bond donors (Lipinski definition) is 1. The minimum absolute atomic E-state index is 0.102. The Morgan fingerprint density at radius 3 is 2.29 bits per heavy atom. The lowest BCUT2D eigenvalue weighted by Crippen LogP contribution is -2.33. The lowest BCUT2D eigenvalue weighted by molar-refractivity contribution is -0.568. The highest BCUT2D eigenvalue weighted by Gasteiger charge is 2.29. The van der Waals surface area contributed by atoms with E-state index in [1.807, 2.05) is 29.7 Å². The summed E-state index contributed by atoms with van der Waals surface area (Å²) in [5.74, 6) is 1.79. The van der Waals surface area contributed by atoms with Gasteiger partial charge in [0.05, 0.1) is 12.0 Å². The van der Waals surface area contributed by atoms with E-state index >= 15 is 0 Å². The second-order valence-corrected chi connectivity index (χ2v) is 10.2. The van der Waals surface area contributed by atoms with Gasteiger partial charge in [0.2, 0.25) is 0 Å². The summed E-state index contributed by atoms with van der Waals surface area (Å²) in [5.41, 5.74) is 2.39. The first kappa shape index (κ1) is 32.1. The smallest absolute Gasteiger partial charge is 0.306 e. The highest BCUT2D eigenvalue weighted by Crippen LogP contribution is 2.23. The van der Waals surface area contributed by atoms with Gasteiger partial charge in [-0.2, -0.15) is 4.58 Å². The Hall–Kier alpha value is -1.87. The number of aliphatic hydroxyl groups is 1. The van der Waals surface area contributed by atoms with Crippen molar-refractivity contribution in [2.45, 2.75) is 113 Å². The van der Waals surface area contributed by atoms with Crippen LogP contribution in [-0.4, -0.2) is 28.7 Å². The van der Waals surface area contributed by atoms with Gasteiger partial charge >= 0.3 is 6.23 Å². The molecule has 0 spiro atoms. The Morgan fingerprint density at radius 1 is 1.09 bits per heavy atom. The Labute approximate surface area is 211 Å². The predicted octanol–water partition coefficient (Wildman–Crippen LogP) is 8.58. The summed E-state index contributed by atoms with van der Waals surface area (Å²) < 4.78 is 8.59. The van der Waals surface area contributed by atoms with Crippen molar-refractivity contribution in [1.82, 2.24) is 0 Å². The molecule has 0 aliphatic carbocycles. The van der Waals surface area contributed by atoms with E-state index in [-0.39, 0.29) is 12.1 Å². The first-order valence-electron chi connectivity index (χ1n) is 13.4. The number of aliphatic hydroxyl groups excluding tert-OH is 1. The predicted molar refractivity (Wildman–Crippen MR) is 150 cm³/mol. The summed E-state index contributed by atoms with van der Waals surface area (Å²) in [7, 11) is 0. The molecule has 1 N–H and O–H groups in total. The highest BCUT2D eigenvalue weighted by atomic mass is 16.5. The zero-order valence-electron chi connectivity index (χ0n) is 23.7. The average Bonchev–Trinajstić information content (AvgIpc) is 2.76. The summed E-state index contributed by atoms with van der Waals surface area (Å²) in [6, 6.07) is 0. The van der Waals surface area contributed by atoms with Crippen LogP contribution in [0.3, 0.4) is 0 Å². The van der Waals surface area contributed by atoms with E-state index in [0.29, 0.717) is 11.8 Å². The molecule has 0 heterocycles. The molecule has 0 saturated carbocycles. The van der Waals surface area contributed by atoms with E-state index in [9.17, 15) is 5.11 Å². The fraction of sp³-hybridized carbons (Fsp3) is 0.645. The SMILES string of the molecule is C=[N+](/C(C)=C/C=C\C)[C@H](O/C(=C\C(O)CC(C)C)CC(C)C)C(C)/C=C\C(=C/CCCC)CC. The molecule has 0 aliphatic heterocycles. The van der Waals surface area contributed by atoms with Crippen molar-refractivity contribution in [2.75, 3.05) is 0 Å². The molecule has 0 amide bonds. The Balaban J connectivity index is 6.03. The van der Waals surface area contributed by atoms with Gasteiger partial charge in [0, 0.05) is 19.4 Å². The summed E-state index contributed by atoms with van der Waals surface area (Å²) >= 11 is 0. The largest absolute Gasteiger partial charge is 0.438 e. The first-order chi connectivity index (χ1) is 16.0. The van der Waals surface area contributed by atoms with Gasteiger partial charge in [-0.15, -0.1) is 0 Å². The minimum atomic E-state index is -0.508. The van der Waals surface area contributed by atoms with Crippen molar-refractivity contribution >= 4 is 6.72 Å². The van der Waals surface area contributed by atoms with E-state index in [2.05, 4.69) is 86.4 Å². The van der Waals surface area contributed by atoms with Crippen LogP contribution in [0, 0.1) is 17.8 Å². The number of unbranched alkanes of at least 4 members (excludes halogenated alkanes) is 2. The lowest BCUT2D eigenvalue weighted by Gasteiger charge is -2.24. The van der Waals surface area contributed by atoms with Gasteiger partial charge in [0.25, 0.3) is 0 Å². The molecule has 3 heteroatoms. The first-order valence-corrected chi connectivity index (χ1v) is 13.4. The quantitative estimate of drug-likeness (QED) is 0.0574. The van der Waals surface area contributed by atoms with Crippen molar-refractivity contribution in [1.29, 1.82) is 0 Å². The number of allylic oxidation sites excluding steroid dienone is 8. The molecule has 0 bridgehead atoms. The summed E-state index contributed by atoms with van der Waals surface area (Å²) in [4.78, 5) is 0. The molecule has 0 aromatic heterocycles. The molecule has 0 aromatic carbocycles. The maximum atomic E-state index is 10.6. The van der Waals surface area contributed by atoms with Gasteiger partial charge < -0.3 is 9.84 Å². The van der Waals surface area contributed by atoms with Crippen molar-refractivity contribution in [3.8, 4) is 0 Å². The van der Waals surface area contributed by atoms with E-state index in [1.165, 1.54) is 18.4 Å². The van der Waals surface area contributed by atoms with E-state index in [4.69, 9.17) is 4.74 Å². The number of ether oxygens (including phenoxy) is 1. The molecule has 0 radical (unpaired) electrons. The number of rotatable bonds is 17. The normalized spacial score (nSPS) is 16.6.